The van der Waals surface area contributed by atoms with E-state index in [-0.39, 0.29) is 11.1 Å². The van der Waals surface area contributed by atoms with Gasteiger partial charge in [-0.25, -0.2) is 4.39 Å². The SMILES string of the molecule is NC(=O)c1cc2[nH]c3ccc(F)cc3c(=O)n2n1. The second-order valence-electron chi connectivity index (χ2n) is 3.81. The van der Waals surface area contributed by atoms with Gasteiger partial charge >= 0.3 is 0 Å². The Labute approximate surface area is 98.8 Å². The van der Waals surface area contributed by atoms with Gasteiger partial charge in [-0.05, 0) is 18.2 Å². The number of fused-ring (bicyclic) bond motifs is 2. The highest BCUT2D eigenvalue weighted by Gasteiger charge is 2.11. The Morgan fingerprint density at radius 2 is 2.17 bits per heavy atom. The van der Waals surface area contributed by atoms with Gasteiger partial charge in [0.05, 0.1) is 10.9 Å². The lowest BCUT2D eigenvalue weighted by Gasteiger charge is -1.99. The van der Waals surface area contributed by atoms with Crippen LogP contribution >= 0.6 is 0 Å². The molecule has 90 valence electrons. The van der Waals surface area contributed by atoms with Crippen molar-refractivity contribution in [2.45, 2.75) is 0 Å². The van der Waals surface area contributed by atoms with E-state index in [1.165, 1.54) is 18.2 Å². The smallest absolute Gasteiger partial charge is 0.282 e. The zero-order valence-electron chi connectivity index (χ0n) is 8.98. The molecule has 3 aromatic rings. The van der Waals surface area contributed by atoms with Gasteiger partial charge in [-0.1, -0.05) is 0 Å². The zero-order chi connectivity index (χ0) is 12.9. The first-order chi connectivity index (χ1) is 8.56. The molecular formula is C11H7FN4O2. The molecule has 0 bridgehead atoms. The van der Waals surface area contributed by atoms with Crippen LogP contribution in [0, 0.1) is 5.82 Å². The number of H-pyrrole nitrogens is 1. The van der Waals surface area contributed by atoms with Gasteiger partial charge in [-0.3, -0.25) is 9.59 Å². The van der Waals surface area contributed by atoms with Crippen molar-refractivity contribution >= 4 is 22.5 Å². The summed E-state index contributed by atoms with van der Waals surface area (Å²) in [5.41, 5.74) is 5.34. The van der Waals surface area contributed by atoms with E-state index in [2.05, 4.69) is 10.1 Å². The van der Waals surface area contributed by atoms with Gasteiger partial charge in [0.2, 0.25) is 0 Å². The number of amides is 1. The summed E-state index contributed by atoms with van der Waals surface area (Å²) >= 11 is 0. The van der Waals surface area contributed by atoms with E-state index in [4.69, 9.17) is 5.73 Å². The fraction of sp³-hybridized carbons (Fsp3) is 0. The number of nitrogens with one attached hydrogen (secondary N) is 1. The molecule has 0 aliphatic heterocycles. The number of primary amides is 1. The second kappa shape index (κ2) is 3.39. The third-order valence-electron chi connectivity index (χ3n) is 2.63. The van der Waals surface area contributed by atoms with E-state index < -0.39 is 17.3 Å². The summed E-state index contributed by atoms with van der Waals surface area (Å²) in [4.78, 5) is 25.9. The molecule has 1 amide bonds. The quantitative estimate of drug-likeness (QED) is 0.651. The molecule has 3 rings (SSSR count). The average molecular weight is 246 g/mol. The Kier molecular flexibility index (Phi) is 1.97. The van der Waals surface area contributed by atoms with Gasteiger partial charge in [0.1, 0.15) is 11.5 Å². The summed E-state index contributed by atoms with van der Waals surface area (Å²) < 4.78 is 14.1. The molecule has 0 aliphatic rings. The molecule has 0 fully saturated rings. The normalized spacial score (nSPS) is 11.2. The largest absolute Gasteiger partial charge is 0.364 e. The predicted octanol–water partition coefficient (Wildman–Crippen LogP) is 0.414. The molecule has 6 nitrogen and oxygen atoms in total. The van der Waals surface area contributed by atoms with Crippen LogP contribution in [0.1, 0.15) is 10.5 Å². The fourth-order valence-electron chi connectivity index (χ4n) is 1.80. The lowest BCUT2D eigenvalue weighted by molar-refractivity contribution is 0.0995. The van der Waals surface area contributed by atoms with Crippen LogP contribution in [0.5, 0.6) is 0 Å². The monoisotopic (exact) mass is 246 g/mol. The molecule has 0 unspecified atom stereocenters. The molecule has 0 spiro atoms. The first-order valence-electron chi connectivity index (χ1n) is 5.07. The zero-order valence-corrected chi connectivity index (χ0v) is 8.98. The number of carbonyl (C=O) groups is 1. The number of rotatable bonds is 1. The number of carbonyl (C=O) groups excluding carboxylic acids is 1. The molecule has 0 atom stereocenters. The maximum absolute atomic E-state index is 13.1. The van der Waals surface area contributed by atoms with Crippen LogP contribution in [0.25, 0.3) is 16.6 Å². The van der Waals surface area contributed by atoms with Crippen molar-refractivity contribution in [3.8, 4) is 0 Å². The average Bonchev–Trinajstić information content (AvgIpc) is 2.75. The van der Waals surface area contributed by atoms with Crippen LogP contribution in [-0.2, 0) is 0 Å². The molecule has 0 radical (unpaired) electrons. The molecule has 0 aliphatic carbocycles. The number of aromatic amines is 1. The molecule has 18 heavy (non-hydrogen) atoms. The van der Waals surface area contributed by atoms with E-state index in [0.29, 0.717) is 11.2 Å². The summed E-state index contributed by atoms with van der Waals surface area (Å²) in [6.07, 6.45) is 0. The lowest BCUT2D eigenvalue weighted by atomic mass is 10.2. The van der Waals surface area contributed by atoms with Crippen molar-refractivity contribution in [1.29, 1.82) is 0 Å². The molecule has 1 aromatic carbocycles. The highest BCUT2D eigenvalue weighted by molar-refractivity contribution is 5.92. The van der Waals surface area contributed by atoms with E-state index in [1.807, 2.05) is 0 Å². The Balaban J connectivity index is 2.49. The maximum Gasteiger partial charge on any atom is 0.282 e. The Bertz CT molecular complexity index is 849. The highest BCUT2D eigenvalue weighted by atomic mass is 19.1. The number of halogens is 1. The van der Waals surface area contributed by atoms with Crippen LogP contribution in [0.15, 0.2) is 29.1 Å². The molecule has 0 saturated carbocycles. The van der Waals surface area contributed by atoms with Crippen molar-refractivity contribution in [2.24, 2.45) is 5.73 Å². The van der Waals surface area contributed by atoms with E-state index in [0.717, 1.165) is 10.6 Å². The summed E-state index contributed by atoms with van der Waals surface area (Å²) in [5, 5.41) is 3.92. The Morgan fingerprint density at radius 3 is 2.89 bits per heavy atom. The molecule has 2 heterocycles. The number of aromatic nitrogens is 3. The van der Waals surface area contributed by atoms with Gasteiger partial charge < -0.3 is 10.7 Å². The molecule has 7 heteroatoms. The van der Waals surface area contributed by atoms with E-state index >= 15 is 0 Å². The summed E-state index contributed by atoms with van der Waals surface area (Å²) in [7, 11) is 0. The van der Waals surface area contributed by atoms with Crippen LogP contribution in [0.4, 0.5) is 4.39 Å². The first kappa shape index (κ1) is 10.5. The number of hydrogen-bond acceptors (Lipinski definition) is 3. The van der Waals surface area contributed by atoms with E-state index in [9.17, 15) is 14.0 Å². The van der Waals surface area contributed by atoms with Crippen molar-refractivity contribution in [1.82, 2.24) is 14.6 Å². The van der Waals surface area contributed by atoms with Gasteiger partial charge in [0.25, 0.3) is 11.5 Å². The van der Waals surface area contributed by atoms with Crippen molar-refractivity contribution in [2.75, 3.05) is 0 Å². The number of nitrogens with zero attached hydrogens (tertiary/aromatic N) is 2. The predicted molar refractivity (Wildman–Crippen MR) is 61.8 cm³/mol. The summed E-state index contributed by atoms with van der Waals surface area (Å²) in [6, 6.07) is 5.16. The van der Waals surface area contributed by atoms with Gasteiger partial charge in [0.15, 0.2) is 5.69 Å². The first-order valence-corrected chi connectivity index (χ1v) is 5.07. The number of hydrogen-bond donors (Lipinski definition) is 2. The van der Waals surface area contributed by atoms with Gasteiger partial charge in [-0.2, -0.15) is 9.61 Å². The third kappa shape index (κ3) is 1.37. The Hall–Kier alpha value is -2.70. The molecule has 0 saturated heterocycles. The summed E-state index contributed by atoms with van der Waals surface area (Å²) in [5.74, 6) is -1.25. The minimum Gasteiger partial charge on any atom is -0.364 e. The lowest BCUT2D eigenvalue weighted by Crippen LogP contribution is -2.17. The van der Waals surface area contributed by atoms with Crippen LogP contribution in [-0.4, -0.2) is 20.5 Å². The van der Waals surface area contributed by atoms with Gasteiger partial charge in [-0.15, -0.1) is 0 Å². The minimum atomic E-state index is -0.735. The van der Waals surface area contributed by atoms with Crippen LogP contribution in [0.2, 0.25) is 0 Å². The minimum absolute atomic E-state index is 0.0286. The third-order valence-corrected chi connectivity index (χ3v) is 2.63. The standard InChI is InChI=1S/C11H7FN4O2/c12-5-1-2-7-6(3-5)11(18)16-9(14-7)4-8(15-16)10(13)17/h1-4,14H,(H2,13,17). The maximum atomic E-state index is 13.1. The van der Waals surface area contributed by atoms with Crippen LogP contribution in [0.3, 0.4) is 0 Å². The second-order valence-corrected chi connectivity index (χ2v) is 3.81. The summed E-state index contributed by atoms with van der Waals surface area (Å²) in [6.45, 7) is 0. The highest BCUT2D eigenvalue weighted by Crippen LogP contribution is 2.11. The van der Waals surface area contributed by atoms with Crippen molar-refractivity contribution < 1.29 is 9.18 Å². The molecule has 2 aromatic heterocycles. The van der Waals surface area contributed by atoms with E-state index in [1.54, 1.807) is 0 Å². The van der Waals surface area contributed by atoms with Crippen molar-refractivity contribution in [3.05, 3.63) is 46.1 Å². The molecular weight excluding hydrogens is 239 g/mol. The fourth-order valence-corrected chi connectivity index (χ4v) is 1.80. The Morgan fingerprint density at radius 1 is 1.39 bits per heavy atom. The van der Waals surface area contributed by atoms with Crippen LogP contribution < -0.4 is 11.3 Å². The molecule has 3 N–H and O–H groups in total. The number of nitrogens with two attached hydrogens (primary N) is 1. The van der Waals surface area contributed by atoms with Crippen molar-refractivity contribution in [3.63, 3.8) is 0 Å². The number of benzene rings is 1. The topological polar surface area (TPSA) is 93.2 Å². The van der Waals surface area contributed by atoms with Gasteiger partial charge in [0, 0.05) is 6.07 Å².